The highest BCUT2D eigenvalue weighted by Crippen LogP contribution is 2.39. The Hall–Kier alpha value is -1.93. The monoisotopic (exact) mass is 271 g/mol. The number of carbonyl (C=O) groups is 1. The van der Waals surface area contributed by atoms with Gasteiger partial charge in [-0.1, -0.05) is 0 Å². The maximum absolute atomic E-state index is 12.7. The number of halogens is 5. The molecule has 0 amide bonds. The highest BCUT2D eigenvalue weighted by atomic mass is 19.4. The van der Waals surface area contributed by atoms with Crippen LogP contribution in [0, 0.1) is 0 Å². The summed E-state index contributed by atoms with van der Waals surface area (Å²) < 4.78 is 69.2. The van der Waals surface area contributed by atoms with Crippen molar-refractivity contribution in [2.24, 2.45) is 0 Å². The number of rotatable bonds is 4. The number of aromatic nitrogens is 1. The van der Waals surface area contributed by atoms with Crippen molar-refractivity contribution in [3.63, 3.8) is 0 Å². The predicted molar refractivity (Wildman–Crippen MR) is 47.8 cm³/mol. The number of aldehydes is 1. The van der Waals surface area contributed by atoms with Gasteiger partial charge in [0, 0.05) is 0 Å². The second-order valence-corrected chi connectivity index (χ2v) is 2.92. The molecule has 4 nitrogen and oxygen atoms in total. The van der Waals surface area contributed by atoms with Crippen LogP contribution in [0.1, 0.15) is 22.5 Å². The first kappa shape index (κ1) is 14.1. The van der Waals surface area contributed by atoms with E-state index in [9.17, 15) is 26.7 Å². The van der Waals surface area contributed by atoms with Crippen LogP contribution in [0.3, 0.4) is 0 Å². The van der Waals surface area contributed by atoms with Crippen molar-refractivity contribution in [1.29, 1.82) is 0 Å². The summed E-state index contributed by atoms with van der Waals surface area (Å²) in [5.74, 6) is -1.96. The molecule has 0 spiro atoms. The summed E-state index contributed by atoms with van der Waals surface area (Å²) in [5, 5.41) is 0. The van der Waals surface area contributed by atoms with Gasteiger partial charge in [0.05, 0.1) is 13.3 Å². The van der Waals surface area contributed by atoms with E-state index in [0.717, 1.165) is 7.11 Å². The third-order valence-corrected chi connectivity index (χ3v) is 1.82. The van der Waals surface area contributed by atoms with Crippen LogP contribution in [0.15, 0.2) is 6.20 Å². The quantitative estimate of drug-likeness (QED) is 0.624. The van der Waals surface area contributed by atoms with Crippen LogP contribution in [0.5, 0.6) is 11.5 Å². The third-order valence-electron chi connectivity index (χ3n) is 1.82. The fourth-order valence-corrected chi connectivity index (χ4v) is 1.22. The second kappa shape index (κ2) is 5.15. The van der Waals surface area contributed by atoms with Gasteiger partial charge in [0.15, 0.2) is 17.8 Å². The zero-order valence-corrected chi connectivity index (χ0v) is 8.79. The summed E-state index contributed by atoms with van der Waals surface area (Å²) in [7, 11) is 0.924. The van der Waals surface area contributed by atoms with Crippen LogP contribution in [-0.4, -0.2) is 24.7 Å². The molecule has 0 radical (unpaired) electrons. The van der Waals surface area contributed by atoms with E-state index in [0.29, 0.717) is 6.20 Å². The molecular weight excluding hydrogens is 265 g/mol. The molecule has 0 aliphatic rings. The average Bonchev–Trinajstić information content (AvgIpc) is 2.25. The molecular formula is C9H6F5NO3. The topological polar surface area (TPSA) is 48.4 Å². The van der Waals surface area contributed by atoms with Gasteiger partial charge in [0.25, 0.3) is 6.43 Å². The van der Waals surface area contributed by atoms with Crippen LogP contribution in [0.25, 0.3) is 0 Å². The molecule has 0 aliphatic heterocycles. The number of nitrogens with zero attached hydrogens (tertiary/aromatic N) is 1. The number of carbonyl (C=O) groups excluding carboxylic acids is 1. The molecule has 1 aromatic heterocycles. The van der Waals surface area contributed by atoms with E-state index in [-0.39, 0.29) is 6.29 Å². The van der Waals surface area contributed by atoms with Crippen molar-refractivity contribution in [2.45, 2.75) is 12.8 Å². The molecule has 0 saturated carbocycles. The molecule has 0 atom stereocenters. The van der Waals surface area contributed by atoms with E-state index in [1.807, 2.05) is 0 Å². The number of pyridine rings is 1. The summed E-state index contributed by atoms with van der Waals surface area (Å²) in [6, 6.07) is 0. The van der Waals surface area contributed by atoms with Crippen molar-refractivity contribution in [3.8, 4) is 11.5 Å². The number of alkyl halides is 5. The van der Waals surface area contributed by atoms with Crippen molar-refractivity contribution < 1.29 is 36.2 Å². The Morgan fingerprint density at radius 3 is 2.39 bits per heavy atom. The highest BCUT2D eigenvalue weighted by molar-refractivity contribution is 5.78. The molecule has 0 saturated heterocycles. The highest BCUT2D eigenvalue weighted by Gasteiger charge is 2.35. The van der Waals surface area contributed by atoms with Crippen LogP contribution in [-0.2, 0) is 0 Å². The van der Waals surface area contributed by atoms with E-state index in [1.165, 1.54) is 0 Å². The Kier molecular flexibility index (Phi) is 4.04. The minimum absolute atomic E-state index is 0.0854. The molecule has 0 aliphatic carbocycles. The average molecular weight is 271 g/mol. The van der Waals surface area contributed by atoms with E-state index >= 15 is 0 Å². The third kappa shape index (κ3) is 3.05. The number of hydrogen-bond donors (Lipinski definition) is 0. The molecule has 9 heteroatoms. The molecule has 1 aromatic rings. The smallest absolute Gasteiger partial charge is 0.494 e. The zero-order valence-electron chi connectivity index (χ0n) is 8.79. The van der Waals surface area contributed by atoms with E-state index < -0.39 is 35.5 Å². The summed E-state index contributed by atoms with van der Waals surface area (Å²) in [6.07, 6.45) is -8.00. The second-order valence-electron chi connectivity index (χ2n) is 2.92. The minimum Gasteiger partial charge on any atom is -0.494 e. The van der Waals surface area contributed by atoms with Crippen LogP contribution in [0.4, 0.5) is 22.0 Å². The fourth-order valence-electron chi connectivity index (χ4n) is 1.22. The van der Waals surface area contributed by atoms with E-state index in [4.69, 9.17) is 0 Å². The van der Waals surface area contributed by atoms with Gasteiger partial charge in [-0.25, -0.2) is 13.8 Å². The van der Waals surface area contributed by atoms with Gasteiger partial charge in [-0.15, -0.1) is 13.2 Å². The molecule has 100 valence electrons. The Bertz CT molecular complexity index is 447. The van der Waals surface area contributed by atoms with Gasteiger partial charge in [-0.2, -0.15) is 0 Å². The maximum Gasteiger partial charge on any atom is 0.573 e. The number of hydrogen-bond acceptors (Lipinski definition) is 4. The Balaban J connectivity index is 3.39. The SMILES string of the molecule is COc1c(C=O)ncc(OC(F)(F)F)c1C(F)F. The largest absolute Gasteiger partial charge is 0.573 e. The summed E-state index contributed by atoms with van der Waals surface area (Å²) in [5.41, 5.74) is -1.71. The molecule has 0 fully saturated rings. The minimum atomic E-state index is -5.15. The molecule has 0 unspecified atom stereocenters. The van der Waals surface area contributed by atoms with Crippen molar-refractivity contribution >= 4 is 6.29 Å². The molecule has 0 aromatic carbocycles. The predicted octanol–water partition coefficient (Wildman–Crippen LogP) is 2.74. The lowest BCUT2D eigenvalue weighted by Gasteiger charge is -2.15. The lowest BCUT2D eigenvalue weighted by atomic mass is 10.2. The lowest BCUT2D eigenvalue weighted by molar-refractivity contribution is -0.275. The van der Waals surface area contributed by atoms with Crippen molar-refractivity contribution in [2.75, 3.05) is 7.11 Å². The van der Waals surface area contributed by atoms with Gasteiger partial charge >= 0.3 is 6.36 Å². The van der Waals surface area contributed by atoms with Crippen LogP contribution >= 0.6 is 0 Å². The molecule has 0 N–H and O–H groups in total. The molecule has 0 bridgehead atoms. The van der Waals surface area contributed by atoms with Crippen molar-refractivity contribution in [1.82, 2.24) is 4.98 Å². The van der Waals surface area contributed by atoms with Crippen LogP contribution in [0.2, 0.25) is 0 Å². The molecule has 18 heavy (non-hydrogen) atoms. The maximum atomic E-state index is 12.7. The lowest BCUT2D eigenvalue weighted by Crippen LogP contribution is -2.19. The Labute approximate surface area is 97.3 Å². The number of methoxy groups -OCH3 is 1. The van der Waals surface area contributed by atoms with Gasteiger partial charge < -0.3 is 9.47 Å². The first-order valence-corrected chi connectivity index (χ1v) is 4.36. The normalized spacial score (nSPS) is 11.5. The Morgan fingerprint density at radius 1 is 1.39 bits per heavy atom. The van der Waals surface area contributed by atoms with Gasteiger partial charge in [-0.3, -0.25) is 4.79 Å². The van der Waals surface area contributed by atoms with Crippen molar-refractivity contribution in [3.05, 3.63) is 17.5 Å². The summed E-state index contributed by atoms with van der Waals surface area (Å²) in [6.45, 7) is 0. The van der Waals surface area contributed by atoms with Gasteiger partial charge in [0.1, 0.15) is 11.3 Å². The van der Waals surface area contributed by atoms with Gasteiger partial charge in [0.2, 0.25) is 0 Å². The first-order valence-electron chi connectivity index (χ1n) is 4.36. The standard InChI is InChI=1S/C9H6F5NO3/c1-17-7-4(3-16)15-2-5(6(7)8(10)11)18-9(12,13)14/h2-3,8H,1H3. The molecule has 1 heterocycles. The summed E-state index contributed by atoms with van der Waals surface area (Å²) in [4.78, 5) is 13.8. The number of ether oxygens (including phenoxy) is 2. The fraction of sp³-hybridized carbons (Fsp3) is 0.333. The summed E-state index contributed by atoms with van der Waals surface area (Å²) >= 11 is 0. The van der Waals surface area contributed by atoms with Gasteiger partial charge in [-0.05, 0) is 0 Å². The van der Waals surface area contributed by atoms with E-state index in [2.05, 4.69) is 14.5 Å². The zero-order chi connectivity index (χ0) is 13.9. The first-order chi connectivity index (χ1) is 8.30. The van der Waals surface area contributed by atoms with E-state index in [1.54, 1.807) is 0 Å². The Morgan fingerprint density at radius 2 is 2.00 bits per heavy atom. The molecule has 1 rings (SSSR count). The van der Waals surface area contributed by atoms with Crippen LogP contribution < -0.4 is 9.47 Å².